The SMILES string of the molecule is NC1(Cc2ccc(Cl)s2)CCOCC1. The van der Waals surface area contributed by atoms with Gasteiger partial charge in [-0.2, -0.15) is 0 Å². The van der Waals surface area contributed by atoms with Crippen LogP contribution in [0.15, 0.2) is 12.1 Å². The maximum atomic E-state index is 6.28. The van der Waals surface area contributed by atoms with Crippen molar-refractivity contribution in [1.82, 2.24) is 0 Å². The number of halogens is 1. The Labute approximate surface area is 93.0 Å². The second-order valence-electron chi connectivity index (χ2n) is 3.86. The van der Waals surface area contributed by atoms with Crippen LogP contribution in [-0.2, 0) is 11.2 Å². The molecule has 1 aliphatic rings. The molecule has 0 aliphatic carbocycles. The van der Waals surface area contributed by atoms with Crippen molar-refractivity contribution in [3.63, 3.8) is 0 Å². The highest BCUT2D eigenvalue weighted by molar-refractivity contribution is 7.16. The normalized spacial score (nSPS) is 21.0. The molecule has 0 amide bonds. The molecule has 0 atom stereocenters. The Hall–Kier alpha value is -0.0900. The minimum absolute atomic E-state index is 0.0770. The predicted octanol–water partition coefficient (Wildman–Crippen LogP) is 2.45. The Morgan fingerprint density at radius 2 is 2.14 bits per heavy atom. The van der Waals surface area contributed by atoms with Crippen LogP contribution >= 0.6 is 22.9 Å². The van der Waals surface area contributed by atoms with Crippen LogP contribution in [0.5, 0.6) is 0 Å². The van der Waals surface area contributed by atoms with E-state index in [1.807, 2.05) is 6.07 Å². The number of ether oxygens (including phenoxy) is 1. The molecule has 78 valence electrons. The van der Waals surface area contributed by atoms with Gasteiger partial charge in [-0.05, 0) is 31.4 Å². The van der Waals surface area contributed by atoms with Crippen molar-refractivity contribution in [2.24, 2.45) is 5.73 Å². The summed E-state index contributed by atoms with van der Waals surface area (Å²) >= 11 is 7.50. The monoisotopic (exact) mass is 231 g/mol. The van der Waals surface area contributed by atoms with Crippen molar-refractivity contribution in [3.8, 4) is 0 Å². The molecule has 0 spiro atoms. The van der Waals surface area contributed by atoms with Gasteiger partial charge in [0.2, 0.25) is 0 Å². The second-order valence-corrected chi connectivity index (χ2v) is 5.66. The lowest BCUT2D eigenvalue weighted by molar-refractivity contribution is 0.0536. The van der Waals surface area contributed by atoms with E-state index >= 15 is 0 Å². The molecule has 0 radical (unpaired) electrons. The molecule has 0 saturated carbocycles. The molecule has 2 N–H and O–H groups in total. The number of rotatable bonds is 2. The summed E-state index contributed by atoms with van der Waals surface area (Å²) in [6, 6.07) is 4.00. The van der Waals surface area contributed by atoms with Gasteiger partial charge in [-0.25, -0.2) is 0 Å². The Morgan fingerprint density at radius 3 is 2.71 bits per heavy atom. The zero-order valence-electron chi connectivity index (χ0n) is 7.96. The number of hydrogen-bond donors (Lipinski definition) is 1. The second kappa shape index (κ2) is 4.19. The third kappa shape index (κ3) is 2.48. The fourth-order valence-electron chi connectivity index (χ4n) is 1.75. The fraction of sp³-hybridized carbons (Fsp3) is 0.600. The van der Waals surface area contributed by atoms with Crippen molar-refractivity contribution in [1.29, 1.82) is 0 Å². The van der Waals surface area contributed by atoms with Crippen LogP contribution in [0.2, 0.25) is 4.34 Å². The van der Waals surface area contributed by atoms with Crippen molar-refractivity contribution < 1.29 is 4.74 Å². The molecule has 1 fully saturated rings. The van der Waals surface area contributed by atoms with Crippen LogP contribution in [0.25, 0.3) is 0 Å². The van der Waals surface area contributed by atoms with E-state index in [1.54, 1.807) is 11.3 Å². The standard InChI is InChI=1S/C10H14ClNOS/c11-9-2-1-8(14-9)7-10(12)3-5-13-6-4-10/h1-2H,3-7,12H2. The van der Waals surface area contributed by atoms with Gasteiger partial charge >= 0.3 is 0 Å². The van der Waals surface area contributed by atoms with Crippen LogP contribution in [0.3, 0.4) is 0 Å². The van der Waals surface area contributed by atoms with Crippen molar-refractivity contribution in [3.05, 3.63) is 21.3 Å². The molecule has 4 heteroatoms. The van der Waals surface area contributed by atoms with Gasteiger partial charge in [-0.3, -0.25) is 0 Å². The Morgan fingerprint density at radius 1 is 1.43 bits per heavy atom. The van der Waals surface area contributed by atoms with Crippen LogP contribution in [0.1, 0.15) is 17.7 Å². The van der Waals surface area contributed by atoms with E-state index in [4.69, 9.17) is 22.1 Å². The third-order valence-electron chi connectivity index (χ3n) is 2.64. The Kier molecular flexibility index (Phi) is 3.12. The molecule has 2 rings (SSSR count). The van der Waals surface area contributed by atoms with Gasteiger partial charge in [0.15, 0.2) is 0 Å². The first-order valence-electron chi connectivity index (χ1n) is 4.79. The summed E-state index contributed by atoms with van der Waals surface area (Å²) in [5, 5.41) is 0. The molecule has 1 aromatic heterocycles. The van der Waals surface area contributed by atoms with E-state index in [0.717, 1.165) is 36.8 Å². The van der Waals surface area contributed by atoms with E-state index in [2.05, 4.69) is 6.07 Å². The molecule has 0 bridgehead atoms. The minimum Gasteiger partial charge on any atom is -0.381 e. The minimum atomic E-state index is -0.0770. The summed E-state index contributed by atoms with van der Waals surface area (Å²) in [6.07, 6.45) is 2.82. The maximum Gasteiger partial charge on any atom is 0.0931 e. The van der Waals surface area contributed by atoms with Crippen molar-refractivity contribution in [2.75, 3.05) is 13.2 Å². The summed E-state index contributed by atoms with van der Waals surface area (Å²) < 4.78 is 6.15. The summed E-state index contributed by atoms with van der Waals surface area (Å²) in [4.78, 5) is 1.28. The van der Waals surface area contributed by atoms with Gasteiger partial charge in [0.05, 0.1) is 4.34 Å². The number of nitrogens with two attached hydrogens (primary N) is 1. The van der Waals surface area contributed by atoms with Crippen LogP contribution in [0.4, 0.5) is 0 Å². The summed E-state index contributed by atoms with van der Waals surface area (Å²) in [6.45, 7) is 1.57. The van der Waals surface area contributed by atoms with Gasteiger partial charge in [0.25, 0.3) is 0 Å². The van der Waals surface area contributed by atoms with Gasteiger partial charge in [0.1, 0.15) is 0 Å². The predicted molar refractivity (Wildman–Crippen MR) is 60.0 cm³/mol. The zero-order chi connectivity index (χ0) is 10.0. The quantitative estimate of drug-likeness (QED) is 0.849. The number of hydrogen-bond acceptors (Lipinski definition) is 3. The first-order chi connectivity index (χ1) is 6.68. The van der Waals surface area contributed by atoms with Gasteiger partial charge in [-0.15, -0.1) is 11.3 Å². The first kappa shape index (κ1) is 10.4. The molecule has 1 aliphatic heterocycles. The smallest absolute Gasteiger partial charge is 0.0931 e. The van der Waals surface area contributed by atoms with Crippen LogP contribution < -0.4 is 5.73 Å². The van der Waals surface area contributed by atoms with E-state index in [1.165, 1.54) is 4.88 Å². The molecular formula is C10H14ClNOS. The highest BCUT2D eigenvalue weighted by atomic mass is 35.5. The van der Waals surface area contributed by atoms with Gasteiger partial charge < -0.3 is 10.5 Å². The van der Waals surface area contributed by atoms with Crippen LogP contribution in [-0.4, -0.2) is 18.8 Å². The third-order valence-corrected chi connectivity index (χ3v) is 3.87. The number of thiophene rings is 1. The van der Waals surface area contributed by atoms with Crippen molar-refractivity contribution >= 4 is 22.9 Å². The van der Waals surface area contributed by atoms with E-state index in [-0.39, 0.29) is 5.54 Å². The average Bonchev–Trinajstić information content (AvgIpc) is 2.51. The zero-order valence-corrected chi connectivity index (χ0v) is 9.53. The topological polar surface area (TPSA) is 35.2 Å². The molecule has 1 saturated heterocycles. The average molecular weight is 232 g/mol. The van der Waals surface area contributed by atoms with Crippen LogP contribution in [0, 0.1) is 0 Å². The molecule has 1 aromatic rings. The lowest BCUT2D eigenvalue weighted by Crippen LogP contribution is -2.46. The van der Waals surface area contributed by atoms with E-state index in [9.17, 15) is 0 Å². The van der Waals surface area contributed by atoms with Gasteiger partial charge in [0, 0.05) is 23.6 Å². The summed E-state index contributed by atoms with van der Waals surface area (Å²) in [5.74, 6) is 0. The lowest BCUT2D eigenvalue weighted by Gasteiger charge is -2.32. The molecule has 0 unspecified atom stereocenters. The van der Waals surface area contributed by atoms with Gasteiger partial charge in [-0.1, -0.05) is 11.6 Å². The van der Waals surface area contributed by atoms with Crippen molar-refractivity contribution in [2.45, 2.75) is 24.8 Å². The largest absolute Gasteiger partial charge is 0.381 e. The molecule has 0 aromatic carbocycles. The highest BCUT2D eigenvalue weighted by Gasteiger charge is 2.28. The van der Waals surface area contributed by atoms with E-state index < -0.39 is 0 Å². The molecule has 14 heavy (non-hydrogen) atoms. The van der Waals surface area contributed by atoms with E-state index in [0.29, 0.717) is 0 Å². The molecule has 2 nitrogen and oxygen atoms in total. The Bertz CT molecular complexity index is 307. The lowest BCUT2D eigenvalue weighted by atomic mass is 9.87. The fourth-order valence-corrected chi connectivity index (χ4v) is 2.99. The molecular weight excluding hydrogens is 218 g/mol. The summed E-state index contributed by atoms with van der Waals surface area (Å²) in [5.41, 5.74) is 6.21. The molecule has 2 heterocycles. The summed E-state index contributed by atoms with van der Waals surface area (Å²) in [7, 11) is 0. The highest BCUT2D eigenvalue weighted by Crippen LogP contribution is 2.28. The maximum absolute atomic E-state index is 6.28. The Balaban J connectivity index is 2.01. The first-order valence-corrected chi connectivity index (χ1v) is 5.98.